The van der Waals surface area contributed by atoms with Crippen molar-refractivity contribution in [1.82, 2.24) is 14.6 Å². The lowest BCUT2D eigenvalue weighted by Gasteiger charge is -2.31. The molecule has 12 heteroatoms. The second kappa shape index (κ2) is 11.6. The fourth-order valence-corrected chi connectivity index (χ4v) is 4.18. The van der Waals surface area contributed by atoms with Crippen LogP contribution in [-0.4, -0.2) is 40.2 Å². The number of amides is 1. The summed E-state index contributed by atoms with van der Waals surface area (Å²) in [6, 6.07) is 12.9. The third-order valence-corrected chi connectivity index (χ3v) is 6.05. The smallest absolute Gasteiger partial charge is 0.408 e. The lowest BCUT2D eigenvalue weighted by molar-refractivity contribution is -0.137. The highest BCUT2D eigenvalue weighted by Crippen LogP contribution is 2.32. The SMILES string of the molecule is CCOn1c(N(CC)c2ccc(C(F)(F)F)cc2)nc2c(c1=O)CN(C(=O)c1ccc(C#N)cc1)CC2.Cl. The summed E-state index contributed by atoms with van der Waals surface area (Å²) < 4.78 is 40.1. The first-order valence-electron chi connectivity index (χ1n) is 11.7. The number of aromatic nitrogens is 2. The Morgan fingerprint density at radius 1 is 1.13 bits per heavy atom. The van der Waals surface area contributed by atoms with Crippen LogP contribution < -0.4 is 15.3 Å². The van der Waals surface area contributed by atoms with E-state index in [2.05, 4.69) is 4.98 Å². The van der Waals surface area contributed by atoms with E-state index in [9.17, 15) is 22.8 Å². The van der Waals surface area contributed by atoms with Crippen LogP contribution in [0.1, 0.15) is 46.6 Å². The second-order valence-electron chi connectivity index (χ2n) is 8.31. The number of halogens is 4. The molecule has 4 rings (SSSR count). The van der Waals surface area contributed by atoms with Gasteiger partial charge < -0.3 is 14.6 Å². The number of fused-ring (bicyclic) bond motifs is 1. The summed E-state index contributed by atoms with van der Waals surface area (Å²) in [5.41, 5.74) is 0.815. The molecule has 1 aliphatic rings. The molecule has 1 aliphatic heterocycles. The monoisotopic (exact) mass is 547 g/mol. The molecule has 2 heterocycles. The average molecular weight is 548 g/mol. The minimum atomic E-state index is -4.46. The minimum absolute atomic E-state index is 0. The predicted octanol–water partition coefficient (Wildman–Crippen LogP) is 4.36. The first-order chi connectivity index (χ1) is 17.7. The molecule has 0 radical (unpaired) electrons. The van der Waals surface area contributed by atoms with E-state index in [1.54, 1.807) is 43.0 Å². The number of hydrogen-bond acceptors (Lipinski definition) is 6. The zero-order chi connectivity index (χ0) is 26.7. The van der Waals surface area contributed by atoms with Crippen LogP contribution in [0.25, 0.3) is 0 Å². The lowest BCUT2D eigenvalue weighted by atomic mass is 10.0. The lowest BCUT2D eigenvalue weighted by Crippen LogP contribution is -2.43. The molecule has 3 aromatic rings. The molecule has 0 fully saturated rings. The summed E-state index contributed by atoms with van der Waals surface area (Å²) in [5.74, 6) is -0.124. The van der Waals surface area contributed by atoms with Gasteiger partial charge in [0.1, 0.15) is 6.61 Å². The number of nitriles is 1. The van der Waals surface area contributed by atoms with Gasteiger partial charge in [-0.05, 0) is 62.4 Å². The van der Waals surface area contributed by atoms with Crippen molar-refractivity contribution in [2.75, 3.05) is 24.6 Å². The van der Waals surface area contributed by atoms with E-state index in [4.69, 9.17) is 10.1 Å². The Morgan fingerprint density at radius 2 is 1.79 bits per heavy atom. The van der Waals surface area contributed by atoms with Gasteiger partial charge in [0.2, 0.25) is 5.95 Å². The van der Waals surface area contributed by atoms with Crippen molar-refractivity contribution in [2.24, 2.45) is 0 Å². The minimum Gasteiger partial charge on any atom is -0.408 e. The van der Waals surface area contributed by atoms with Crippen molar-refractivity contribution in [1.29, 1.82) is 5.26 Å². The van der Waals surface area contributed by atoms with Crippen molar-refractivity contribution in [3.8, 4) is 6.07 Å². The molecule has 0 atom stereocenters. The van der Waals surface area contributed by atoms with E-state index in [0.717, 1.165) is 16.9 Å². The van der Waals surface area contributed by atoms with Crippen LogP contribution in [0.15, 0.2) is 53.3 Å². The van der Waals surface area contributed by atoms with Crippen molar-refractivity contribution in [2.45, 2.75) is 33.0 Å². The number of anilines is 2. The van der Waals surface area contributed by atoms with Crippen molar-refractivity contribution in [3.63, 3.8) is 0 Å². The van der Waals surface area contributed by atoms with Gasteiger partial charge in [-0.2, -0.15) is 18.4 Å². The van der Waals surface area contributed by atoms with E-state index in [1.165, 1.54) is 17.0 Å². The molecule has 0 aliphatic carbocycles. The number of carbonyl (C=O) groups is 1. The molecular weight excluding hydrogens is 523 g/mol. The van der Waals surface area contributed by atoms with E-state index >= 15 is 0 Å². The molecule has 0 saturated carbocycles. The number of alkyl halides is 3. The Bertz CT molecular complexity index is 1400. The Hall–Kier alpha value is -4.04. The maximum atomic E-state index is 13.5. The average Bonchev–Trinajstić information content (AvgIpc) is 2.90. The summed E-state index contributed by atoms with van der Waals surface area (Å²) in [4.78, 5) is 39.9. The summed E-state index contributed by atoms with van der Waals surface area (Å²) in [6.07, 6.45) is -4.15. The Kier molecular flexibility index (Phi) is 8.68. The molecule has 200 valence electrons. The van der Waals surface area contributed by atoms with Gasteiger partial charge in [-0.25, -0.2) is 4.98 Å². The molecule has 8 nitrogen and oxygen atoms in total. The summed E-state index contributed by atoms with van der Waals surface area (Å²) >= 11 is 0. The maximum Gasteiger partial charge on any atom is 0.416 e. The van der Waals surface area contributed by atoms with Crippen LogP contribution >= 0.6 is 12.4 Å². The molecule has 0 spiro atoms. The van der Waals surface area contributed by atoms with Crippen LogP contribution in [-0.2, 0) is 19.1 Å². The van der Waals surface area contributed by atoms with Gasteiger partial charge in [-0.3, -0.25) is 9.59 Å². The molecule has 38 heavy (non-hydrogen) atoms. The fourth-order valence-electron chi connectivity index (χ4n) is 4.18. The van der Waals surface area contributed by atoms with E-state index in [-0.39, 0.29) is 37.4 Å². The van der Waals surface area contributed by atoms with Crippen LogP contribution in [0, 0.1) is 11.3 Å². The van der Waals surface area contributed by atoms with Crippen molar-refractivity contribution < 1.29 is 22.8 Å². The molecular formula is C26H25ClF3N5O3. The molecule has 0 saturated heterocycles. The van der Waals surface area contributed by atoms with Crippen LogP contribution in [0.2, 0.25) is 0 Å². The van der Waals surface area contributed by atoms with Gasteiger partial charge in [0.05, 0.1) is 35.0 Å². The predicted molar refractivity (Wildman–Crippen MR) is 137 cm³/mol. The van der Waals surface area contributed by atoms with Gasteiger partial charge in [0.25, 0.3) is 11.5 Å². The molecule has 0 N–H and O–H groups in total. The summed E-state index contributed by atoms with van der Waals surface area (Å²) in [7, 11) is 0. The van der Waals surface area contributed by atoms with Gasteiger partial charge >= 0.3 is 6.18 Å². The summed E-state index contributed by atoms with van der Waals surface area (Å²) in [5, 5.41) is 8.97. The highest BCUT2D eigenvalue weighted by Gasteiger charge is 2.31. The van der Waals surface area contributed by atoms with E-state index in [0.29, 0.717) is 47.6 Å². The topological polar surface area (TPSA) is 91.5 Å². The van der Waals surface area contributed by atoms with Crippen molar-refractivity contribution >= 4 is 29.9 Å². The van der Waals surface area contributed by atoms with Gasteiger partial charge in [-0.15, -0.1) is 17.1 Å². The molecule has 2 aromatic carbocycles. The first-order valence-corrected chi connectivity index (χ1v) is 11.7. The van der Waals surface area contributed by atoms with E-state index < -0.39 is 17.3 Å². The van der Waals surface area contributed by atoms with Gasteiger partial charge in [-0.1, -0.05) is 0 Å². The number of nitrogens with zero attached hydrogens (tertiary/aromatic N) is 5. The molecule has 0 bridgehead atoms. The molecule has 0 unspecified atom stereocenters. The Balaban J connectivity index is 0.00000400. The maximum absolute atomic E-state index is 13.5. The zero-order valence-electron chi connectivity index (χ0n) is 20.7. The molecule has 1 amide bonds. The third kappa shape index (κ3) is 5.60. The fraction of sp³-hybridized carbons (Fsp3) is 0.308. The third-order valence-electron chi connectivity index (χ3n) is 6.05. The van der Waals surface area contributed by atoms with Gasteiger partial charge in [0.15, 0.2) is 0 Å². The van der Waals surface area contributed by atoms with E-state index in [1.807, 2.05) is 6.07 Å². The zero-order valence-corrected chi connectivity index (χ0v) is 21.5. The standard InChI is InChI=1S/C26H24F3N5O3.ClH/c1-3-33(20-11-9-19(10-12-20)26(27,28)29)25-31-22-13-14-32(16-21(22)24(36)34(25)37-4-2)23(35)18-7-5-17(15-30)6-8-18;/h5-12H,3-4,13-14,16H2,1-2H3;1H. The highest BCUT2D eigenvalue weighted by atomic mass is 35.5. The first kappa shape index (κ1) is 28.5. The number of carbonyl (C=O) groups excluding carboxylic acids is 1. The Labute approximate surface area is 223 Å². The largest absolute Gasteiger partial charge is 0.416 e. The van der Waals surface area contributed by atoms with Crippen LogP contribution in [0.4, 0.5) is 24.8 Å². The normalized spacial score (nSPS) is 12.7. The number of hydrogen-bond donors (Lipinski definition) is 0. The number of rotatable bonds is 6. The van der Waals surface area contributed by atoms with Crippen LogP contribution in [0.3, 0.4) is 0 Å². The molecule has 1 aromatic heterocycles. The van der Waals surface area contributed by atoms with Crippen LogP contribution in [0.5, 0.6) is 0 Å². The Morgan fingerprint density at radius 3 is 2.34 bits per heavy atom. The second-order valence-corrected chi connectivity index (χ2v) is 8.31. The summed E-state index contributed by atoms with van der Waals surface area (Å²) in [6.45, 7) is 4.30. The quantitative estimate of drug-likeness (QED) is 0.455. The van der Waals surface area contributed by atoms with Gasteiger partial charge in [0, 0.05) is 30.8 Å². The highest BCUT2D eigenvalue weighted by molar-refractivity contribution is 5.94. The van der Waals surface area contributed by atoms with Crippen molar-refractivity contribution in [3.05, 3.63) is 86.8 Å². The number of benzene rings is 2.